The van der Waals surface area contributed by atoms with Crippen molar-refractivity contribution in [3.63, 3.8) is 0 Å². The van der Waals surface area contributed by atoms with Gasteiger partial charge in [0.25, 0.3) is 5.91 Å². The molecule has 3 aromatic rings. The van der Waals surface area contributed by atoms with Gasteiger partial charge in [0.2, 0.25) is 5.91 Å². The molecule has 1 aliphatic rings. The van der Waals surface area contributed by atoms with E-state index in [-0.39, 0.29) is 28.7 Å². The van der Waals surface area contributed by atoms with Crippen molar-refractivity contribution in [2.24, 2.45) is 11.8 Å². The van der Waals surface area contributed by atoms with Crippen molar-refractivity contribution in [3.05, 3.63) is 64.8 Å². The topological polar surface area (TPSA) is 99.6 Å². The maximum absolute atomic E-state index is 13.5. The quantitative estimate of drug-likeness (QED) is 0.365. The number of nitrogens with one attached hydrogen (secondary N) is 1. The molecule has 2 N–H and O–H groups in total. The molecule has 1 saturated carbocycles. The standard InChI is InChI=1S/C29H33N3O4S/c1-17(2)32(28(34)21-10-8-18(3)9-11-21)24-16-25(37-26(24)29(35)36)20-12-14-22(15-13-20)31-27(33)23-7-5-6-19(4)30-23/h5-7,12-18,21H,8-11H2,1-4H3,(H,31,33)(H,35,36)/t18-,21-. The highest BCUT2D eigenvalue weighted by atomic mass is 32.1. The molecule has 2 aromatic heterocycles. The molecule has 0 atom stereocenters. The maximum atomic E-state index is 13.5. The number of aromatic carboxylic acids is 1. The van der Waals surface area contributed by atoms with Crippen LogP contribution in [0.25, 0.3) is 10.4 Å². The van der Waals surface area contributed by atoms with Crippen LogP contribution in [0.1, 0.15) is 72.3 Å². The minimum Gasteiger partial charge on any atom is -0.477 e. The average Bonchev–Trinajstić information content (AvgIpc) is 3.30. The van der Waals surface area contributed by atoms with Gasteiger partial charge in [-0.15, -0.1) is 11.3 Å². The molecular weight excluding hydrogens is 486 g/mol. The summed E-state index contributed by atoms with van der Waals surface area (Å²) in [5, 5.41) is 12.8. The van der Waals surface area contributed by atoms with Crippen LogP contribution in [0.15, 0.2) is 48.5 Å². The zero-order chi connectivity index (χ0) is 26.7. The van der Waals surface area contributed by atoms with E-state index in [1.165, 1.54) is 0 Å². The van der Waals surface area contributed by atoms with Crippen LogP contribution < -0.4 is 10.2 Å². The van der Waals surface area contributed by atoms with Crippen molar-refractivity contribution < 1.29 is 19.5 Å². The zero-order valence-electron chi connectivity index (χ0n) is 21.7. The second-order valence-electron chi connectivity index (χ2n) is 10.1. The third kappa shape index (κ3) is 6.07. The Morgan fingerprint density at radius 2 is 1.73 bits per heavy atom. The first-order valence-corrected chi connectivity index (χ1v) is 13.5. The summed E-state index contributed by atoms with van der Waals surface area (Å²) in [5.74, 6) is -0.784. The van der Waals surface area contributed by atoms with Crippen LogP contribution in [0.2, 0.25) is 0 Å². The Bertz CT molecular complexity index is 1290. The molecule has 2 heterocycles. The molecule has 1 aliphatic carbocycles. The van der Waals surface area contributed by atoms with E-state index in [0.717, 1.165) is 53.2 Å². The van der Waals surface area contributed by atoms with E-state index in [4.69, 9.17) is 0 Å². The number of aryl methyl sites for hydroxylation is 1. The molecule has 0 bridgehead atoms. The molecule has 194 valence electrons. The number of thiophene rings is 1. The van der Waals surface area contributed by atoms with Gasteiger partial charge in [-0.25, -0.2) is 9.78 Å². The van der Waals surface area contributed by atoms with Gasteiger partial charge in [-0.2, -0.15) is 0 Å². The minimum atomic E-state index is -1.04. The number of carboxylic acids is 1. The van der Waals surface area contributed by atoms with Gasteiger partial charge in [-0.1, -0.05) is 25.1 Å². The van der Waals surface area contributed by atoms with E-state index in [2.05, 4.69) is 17.2 Å². The highest BCUT2D eigenvalue weighted by molar-refractivity contribution is 7.18. The van der Waals surface area contributed by atoms with Gasteiger partial charge in [0.15, 0.2) is 0 Å². The highest BCUT2D eigenvalue weighted by Crippen LogP contribution is 2.40. The second kappa shape index (κ2) is 11.3. The van der Waals surface area contributed by atoms with Crippen molar-refractivity contribution in [1.82, 2.24) is 4.98 Å². The summed E-state index contributed by atoms with van der Waals surface area (Å²) in [6.07, 6.45) is 3.72. The van der Waals surface area contributed by atoms with Gasteiger partial charge < -0.3 is 15.3 Å². The summed E-state index contributed by atoms with van der Waals surface area (Å²) >= 11 is 1.16. The van der Waals surface area contributed by atoms with Crippen molar-refractivity contribution in [2.75, 3.05) is 10.2 Å². The number of amides is 2. The van der Waals surface area contributed by atoms with Crippen molar-refractivity contribution in [1.29, 1.82) is 0 Å². The van der Waals surface area contributed by atoms with Gasteiger partial charge in [0, 0.05) is 28.2 Å². The molecule has 1 fully saturated rings. The van der Waals surface area contributed by atoms with Gasteiger partial charge in [0.05, 0.1) is 5.69 Å². The molecule has 2 amide bonds. The number of anilines is 2. The van der Waals surface area contributed by atoms with Crippen LogP contribution in [-0.4, -0.2) is 33.9 Å². The van der Waals surface area contributed by atoms with E-state index in [1.807, 2.05) is 45.0 Å². The fourth-order valence-electron chi connectivity index (χ4n) is 4.79. The van der Waals surface area contributed by atoms with E-state index >= 15 is 0 Å². The zero-order valence-corrected chi connectivity index (χ0v) is 22.5. The lowest BCUT2D eigenvalue weighted by molar-refractivity contribution is -0.123. The Morgan fingerprint density at radius 3 is 2.32 bits per heavy atom. The lowest BCUT2D eigenvalue weighted by Crippen LogP contribution is -2.42. The summed E-state index contributed by atoms with van der Waals surface area (Å²) < 4.78 is 0. The molecular formula is C29H33N3O4S. The number of pyridine rings is 1. The largest absolute Gasteiger partial charge is 0.477 e. The first-order chi connectivity index (χ1) is 17.6. The normalized spacial score (nSPS) is 17.4. The molecule has 0 aliphatic heterocycles. The Labute approximate surface area is 221 Å². The van der Waals surface area contributed by atoms with Crippen molar-refractivity contribution >= 4 is 40.5 Å². The average molecular weight is 520 g/mol. The molecule has 0 radical (unpaired) electrons. The molecule has 7 nitrogen and oxygen atoms in total. The Morgan fingerprint density at radius 1 is 1.05 bits per heavy atom. The van der Waals surface area contributed by atoms with Crippen LogP contribution in [0, 0.1) is 18.8 Å². The second-order valence-corrected chi connectivity index (χ2v) is 11.1. The van der Waals surface area contributed by atoms with Crippen LogP contribution in [0.4, 0.5) is 11.4 Å². The van der Waals surface area contributed by atoms with Crippen LogP contribution >= 0.6 is 11.3 Å². The molecule has 1 aromatic carbocycles. The predicted molar refractivity (Wildman–Crippen MR) is 147 cm³/mol. The summed E-state index contributed by atoms with van der Waals surface area (Å²) in [4.78, 5) is 45.1. The number of carbonyl (C=O) groups is 3. The van der Waals surface area contributed by atoms with Crippen LogP contribution in [-0.2, 0) is 4.79 Å². The SMILES string of the molecule is Cc1cccc(C(=O)Nc2ccc(-c3cc(N(C(=O)[C@H]4CC[C@H](C)CC4)C(C)C)c(C(=O)O)s3)cc2)n1. The van der Waals surface area contributed by atoms with Crippen LogP contribution in [0.3, 0.4) is 0 Å². The van der Waals surface area contributed by atoms with Crippen molar-refractivity contribution in [2.45, 2.75) is 59.4 Å². The number of hydrogen-bond donors (Lipinski definition) is 2. The fourth-order valence-corrected chi connectivity index (χ4v) is 5.79. The van der Waals surface area contributed by atoms with E-state index in [0.29, 0.717) is 23.0 Å². The monoisotopic (exact) mass is 519 g/mol. The van der Waals surface area contributed by atoms with Gasteiger partial charge >= 0.3 is 5.97 Å². The number of nitrogens with zero attached hydrogens (tertiary/aromatic N) is 2. The lowest BCUT2D eigenvalue weighted by atomic mass is 9.82. The molecule has 0 unspecified atom stereocenters. The smallest absolute Gasteiger partial charge is 0.348 e. The van der Waals surface area contributed by atoms with E-state index < -0.39 is 5.97 Å². The Balaban J connectivity index is 1.58. The molecule has 4 rings (SSSR count). The third-order valence-electron chi connectivity index (χ3n) is 6.83. The minimum absolute atomic E-state index is 0.0107. The summed E-state index contributed by atoms with van der Waals surface area (Å²) in [7, 11) is 0. The number of carboxylic acid groups (broad SMARTS) is 1. The fraction of sp³-hybridized carbons (Fsp3) is 0.379. The Kier molecular flexibility index (Phi) is 8.07. The number of hydrogen-bond acceptors (Lipinski definition) is 5. The highest BCUT2D eigenvalue weighted by Gasteiger charge is 2.33. The third-order valence-corrected chi connectivity index (χ3v) is 7.99. The van der Waals surface area contributed by atoms with Gasteiger partial charge in [0.1, 0.15) is 10.6 Å². The maximum Gasteiger partial charge on any atom is 0.348 e. The summed E-state index contributed by atoms with van der Waals surface area (Å²) in [6, 6.07) is 14.1. The number of rotatable bonds is 7. The number of aromatic nitrogens is 1. The first kappa shape index (κ1) is 26.5. The van der Waals surface area contributed by atoms with Gasteiger partial charge in [-0.05, 0) is 88.3 Å². The van der Waals surface area contributed by atoms with Gasteiger partial charge in [-0.3, -0.25) is 9.59 Å². The van der Waals surface area contributed by atoms with E-state index in [1.54, 1.807) is 29.2 Å². The summed E-state index contributed by atoms with van der Waals surface area (Å²) in [5.41, 5.74) is 2.97. The molecule has 37 heavy (non-hydrogen) atoms. The summed E-state index contributed by atoms with van der Waals surface area (Å²) in [6.45, 7) is 7.89. The number of benzene rings is 1. The van der Waals surface area contributed by atoms with E-state index in [9.17, 15) is 19.5 Å². The number of carbonyl (C=O) groups excluding carboxylic acids is 2. The van der Waals surface area contributed by atoms with Crippen LogP contribution in [0.5, 0.6) is 0 Å². The molecule has 0 saturated heterocycles. The Hall–Kier alpha value is -3.52. The van der Waals surface area contributed by atoms with Crippen molar-refractivity contribution in [3.8, 4) is 10.4 Å². The lowest BCUT2D eigenvalue weighted by Gasteiger charge is -2.33. The molecule has 8 heteroatoms. The first-order valence-electron chi connectivity index (χ1n) is 12.7. The predicted octanol–water partition coefficient (Wildman–Crippen LogP) is 6.64. The molecule has 0 spiro atoms.